The van der Waals surface area contributed by atoms with Crippen molar-refractivity contribution in [3.8, 4) is 5.75 Å². The first-order valence-electron chi connectivity index (χ1n) is 7.39. The molecule has 1 aliphatic rings. The molecule has 6 nitrogen and oxygen atoms in total. The summed E-state index contributed by atoms with van der Waals surface area (Å²) in [6.45, 7) is 3.27. The molecule has 6 heteroatoms. The first-order chi connectivity index (χ1) is 10.5. The number of hydrogen-bond acceptors (Lipinski definition) is 4. The number of carboxylic acids is 1. The summed E-state index contributed by atoms with van der Waals surface area (Å²) in [6, 6.07) is 7.19. The Morgan fingerprint density at radius 2 is 2.18 bits per heavy atom. The van der Waals surface area contributed by atoms with E-state index in [9.17, 15) is 9.59 Å². The summed E-state index contributed by atoms with van der Waals surface area (Å²) in [5, 5.41) is 11.9. The van der Waals surface area contributed by atoms with Crippen LogP contribution in [0.1, 0.15) is 18.9 Å². The molecule has 0 aliphatic carbocycles. The van der Waals surface area contributed by atoms with Gasteiger partial charge in [-0.2, -0.15) is 0 Å². The molecule has 1 aromatic carbocycles. The number of nitrogens with zero attached hydrogens (tertiary/aromatic N) is 1. The Labute approximate surface area is 130 Å². The summed E-state index contributed by atoms with van der Waals surface area (Å²) in [4.78, 5) is 25.1. The highest BCUT2D eigenvalue weighted by Crippen LogP contribution is 2.20. The summed E-state index contributed by atoms with van der Waals surface area (Å²) >= 11 is 0. The van der Waals surface area contributed by atoms with Crippen LogP contribution in [0.4, 0.5) is 0 Å². The SMILES string of the molecule is COc1ccccc1CNC(=O)C(C)N1CCC(C(=O)O)C1. The van der Waals surface area contributed by atoms with Gasteiger partial charge in [0, 0.05) is 18.7 Å². The van der Waals surface area contributed by atoms with E-state index in [1.807, 2.05) is 36.1 Å². The monoisotopic (exact) mass is 306 g/mol. The maximum Gasteiger partial charge on any atom is 0.307 e. The van der Waals surface area contributed by atoms with Crippen LogP contribution in [0.5, 0.6) is 5.75 Å². The van der Waals surface area contributed by atoms with Crippen molar-refractivity contribution in [3.05, 3.63) is 29.8 Å². The van der Waals surface area contributed by atoms with Crippen LogP contribution in [-0.4, -0.2) is 48.1 Å². The summed E-state index contributed by atoms with van der Waals surface area (Å²) in [5.74, 6) is -0.520. The van der Waals surface area contributed by atoms with Crippen LogP contribution in [-0.2, 0) is 16.1 Å². The van der Waals surface area contributed by atoms with Crippen LogP contribution >= 0.6 is 0 Å². The molecule has 2 rings (SSSR count). The lowest BCUT2D eigenvalue weighted by Gasteiger charge is -2.23. The maximum absolute atomic E-state index is 12.2. The molecule has 1 heterocycles. The zero-order valence-corrected chi connectivity index (χ0v) is 12.9. The number of hydrogen-bond donors (Lipinski definition) is 2. The lowest BCUT2D eigenvalue weighted by Crippen LogP contribution is -2.44. The van der Waals surface area contributed by atoms with Gasteiger partial charge in [0.25, 0.3) is 0 Å². The second kappa shape index (κ2) is 7.26. The van der Waals surface area contributed by atoms with E-state index in [1.54, 1.807) is 7.11 Å². The zero-order valence-electron chi connectivity index (χ0n) is 12.9. The predicted molar refractivity (Wildman–Crippen MR) is 81.6 cm³/mol. The fourth-order valence-electron chi connectivity index (χ4n) is 2.69. The Bertz CT molecular complexity index is 547. The molecule has 2 unspecified atom stereocenters. The van der Waals surface area contributed by atoms with Crippen molar-refractivity contribution in [1.29, 1.82) is 0 Å². The minimum atomic E-state index is -0.788. The van der Waals surface area contributed by atoms with Gasteiger partial charge >= 0.3 is 5.97 Å². The van der Waals surface area contributed by atoms with Crippen molar-refractivity contribution < 1.29 is 19.4 Å². The lowest BCUT2D eigenvalue weighted by molar-refractivity contribution is -0.141. The summed E-state index contributed by atoms with van der Waals surface area (Å²) in [6.07, 6.45) is 0.597. The van der Waals surface area contributed by atoms with Gasteiger partial charge in [-0.05, 0) is 26.0 Å². The smallest absolute Gasteiger partial charge is 0.307 e. The van der Waals surface area contributed by atoms with E-state index in [1.165, 1.54) is 0 Å². The highest BCUT2D eigenvalue weighted by Gasteiger charge is 2.32. The lowest BCUT2D eigenvalue weighted by atomic mass is 10.1. The highest BCUT2D eigenvalue weighted by molar-refractivity contribution is 5.81. The van der Waals surface area contributed by atoms with E-state index >= 15 is 0 Å². The molecule has 2 atom stereocenters. The topological polar surface area (TPSA) is 78.9 Å². The van der Waals surface area contributed by atoms with Gasteiger partial charge in [0.05, 0.1) is 19.1 Å². The third-order valence-corrected chi connectivity index (χ3v) is 4.14. The summed E-state index contributed by atoms with van der Waals surface area (Å²) in [7, 11) is 1.60. The number of ether oxygens (including phenoxy) is 1. The molecule has 1 fully saturated rings. The van der Waals surface area contributed by atoms with Crippen molar-refractivity contribution in [3.63, 3.8) is 0 Å². The highest BCUT2D eigenvalue weighted by atomic mass is 16.5. The average Bonchev–Trinajstić information content (AvgIpc) is 3.02. The van der Waals surface area contributed by atoms with E-state index in [4.69, 9.17) is 9.84 Å². The number of methoxy groups -OCH3 is 1. The Balaban J connectivity index is 1.88. The quantitative estimate of drug-likeness (QED) is 0.823. The summed E-state index contributed by atoms with van der Waals surface area (Å²) in [5.41, 5.74) is 0.912. The number of nitrogens with one attached hydrogen (secondary N) is 1. The number of rotatable bonds is 6. The largest absolute Gasteiger partial charge is 0.496 e. The Kier molecular flexibility index (Phi) is 5.38. The number of benzene rings is 1. The number of amides is 1. The van der Waals surface area contributed by atoms with Gasteiger partial charge in [-0.3, -0.25) is 14.5 Å². The van der Waals surface area contributed by atoms with Crippen molar-refractivity contribution in [2.24, 2.45) is 5.92 Å². The van der Waals surface area contributed by atoms with Crippen LogP contribution in [0.3, 0.4) is 0 Å². The molecule has 22 heavy (non-hydrogen) atoms. The molecule has 0 bridgehead atoms. The normalized spacial score (nSPS) is 19.6. The van der Waals surface area contributed by atoms with Gasteiger partial charge in [0.15, 0.2) is 0 Å². The molecule has 2 N–H and O–H groups in total. The molecule has 0 aromatic heterocycles. The molecule has 1 aliphatic heterocycles. The molecular formula is C16H22N2O4. The number of para-hydroxylation sites is 1. The second-order valence-corrected chi connectivity index (χ2v) is 5.52. The van der Waals surface area contributed by atoms with Crippen LogP contribution in [0, 0.1) is 5.92 Å². The van der Waals surface area contributed by atoms with Crippen LogP contribution in [0.25, 0.3) is 0 Å². The molecular weight excluding hydrogens is 284 g/mol. The number of carboxylic acid groups (broad SMARTS) is 1. The minimum Gasteiger partial charge on any atom is -0.496 e. The van der Waals surface area contributed by atoms with E-state index in [0.717, 1.165) is 11.3 Å². The third kappa shape index (κ3) is 3.76. The number of carbonyl (C=O) groups excluding carboxylic acids is 1. The van der Waals surface area contributed by atoms with Gasteiger partial charge in [-0.15, -0.1) is 0 Å². The predicted octanol–water partition coefficient (Wildman–Crippen LogP) is 1.11. The van der Waals surface area contributed by atoms with E-state index in [0.29, 0.717) is 26.1 Å². The van der Waals surface area contributed by atoms with Crippen molar-refractivity contribution >= 4 is 11.9 Å². The molecule has 0 radical (unpaired) electrons. The first-order valence-corrected chi connectivity index (χ1v) is 7.39. The number of carbonyl (C=O) groups is 2. The molecule has 0 saturated carbocycles. The van der Waals surface area contributed by atoms with Gasteiger partial charge in [-0.1, -0.05) is 18.2 Å². The van der Waals surface area contributed by atoms with Gasteiger partial charge in [0.1, 0.15) is 5.75 Å². The van der Waals surface area contributed by atoms with E-state index < -0.39 is 5.97 Å². The Hall–Kier alpha value is -2.08. The minimum absolute atomic E-state index is 0.100. The van der Waals surface area contributed by atoms with Crippen LogP contribution in [0.15, 0.2) is 24.3 Å². The molecule has 0 spiro atoms. The maximum atomic E-state index is 12.2. The number of likely N-dealkylation sites (tertiary alicyclic amines) is 1. The van der Waals surface area contributed by atoms with Gasteiger partial charge in [0.2, 0.25) is 5.91 Å². The zero-order chi connectivity index (χ0) is 16.1. The second-order valence-electron chi connectivity index (χ2n) is 5.52. The summed E-state index contributed by atoms with van der Waals surface area (Å²) < 4.78 is 5.25. The molecule has 1 aromatic rings. The van der Waals surface area contributed by atoms with Crippen LogP contribution < -0.4 is 10.1 Å². The molecule has 120 valence electrons. The van der Waals surface area contributed by atoms with E-state index in [2.05, 4.69) is 5.32 Å². The van der Waals surface area contributed by atoms with Gasteiger partial charge < -0.3 is 15.2 Å². The van der Waals surface area contributed by atoms with Crippen molar-refractivity contribution in [2.45, 2.75) is 25.9 Å². The van der Waals surface area contributed by atoms with E-state index in [-0.39, 0.29) is 17.9 Å². The fourth-order valence-corrected chi connectivity index (χ4v) is 2.69. The first kappa shape index (κ1) is 16.3. The fraction of sp³-hybridized carbons (Fsp3) is 0.500. The standard InChI is InChI=1S/C16H22N2O4/c1-11(18-8-7-13(10-18)16(20)21)15(19)17-9-12-5-3-4-6-14(12)22-2/h3-6,11,13H,7-10H2,1-2H3,(H,17,19)(H,20,21). The van der Waals surface area contributed by atoms with Gasteiger partial charge in [-0.25, -0.2) is 0 Å². The molecule has 1 amide bonds. The average molecular weight is 306 g/mol. The van der Waals surface area contributed by atoms with Crippen molar-refractivity contribution in [1.82, 2.24) is 10.2 Å². The van der Waals surface area contributed by atoms with Crippen molar-refractivity contribution in [2.75, 3.05) is 20.2 Å². The van der Waals surface area contributed by atoms with Crippen LogP contribution in [0.2, 0.25) is 0 Å². The Morgan fingerprint density at radius 3 is 2.82 bits per heavy atom. The molecule has 1 saturated heterocycles. The third-order valence-electron chi connectivity index (χ3n) is 4.14. The Morgan fingerprint density at radius 1 is 1.45 bits per heavy atom. The number of aliphatic carboxylic acids is 1.